The highest BCUT2D eigenvalue weighted by Gasteiger charge is 2.33. The predicted molar refractivity (Wildman–Crippen MR) is 134 cm³/mol. The summed E-state index contributed by atoms with van der Waals surface area (Å²) in [6, 6.07) is 19.8. The lowest BCUT2D eigenvalue weighted by molar-refractivity contribution is -0.113. The van der Waals surface area contributed by atoms with E-state index >= 15 is 0 Å². The third-order valence-electron chi connectivity index (χ3n) is 4.45. The van der Waals surface area contributed by atoms with Crippen molar-refractivity contribution in [3.05, 3.63) is 97.8 Å². The zero-order valence-electron chi connectivity index (χ0n) is 15.8. The lowest BCUT2D eigenvalue weighted by Crippen LogP contribution is -2.27. The SMILES string of the molecule is O=C1/C(=C/c2ccc(OCc3ccc(Cl)cc3Cl)cc2)SC(=S)N1c1cccc(Cl)c1. The predicted octanol–water partition coefficient (Wildman–Crippen LogP) is 7.63. The molecule has 1 aliphatic heterocycles. The van der Waals surface area contributed by atoms with Crippen molar-refractivity contribution in [2.24, 2.45) is 0 Å². The van der Waals surface area contributed by atoms with Crippen LogP contribution in [0.15, 0.2) is 71.6 Å². The maximum absolute atomic E-state index is 12.9. The number of hydrogen-bond acceptors (Lipinski definition) is 4. The molecule has 3 nitrogen and oxygen atoms in total. The maximum atomic E-state index is 12.9. The van der Waals surface area contributed by atoms with Gasteiger partial charge in [0.1, 0.15) is 12.4 Å². The number of anilines is 1. The van der Waals surface area contributed by atoms with Gasteiger partial charge in [-0.1, -0.05) is 83.0 Å². The van der Waals surface area contributed by atoms with E-state index in [1.807, 2.05) is 36.4 Å². The zero-order valence-corrected chi connectivity index (χ0v) is 19.8. The van der Waals surface area contributed by atoms with Crippen molar-refractivity contribution in [1.82, 2.24) is 0 Å². The number of benzene rings is 3. The largest absolute Gasteiger partial charge is 0.489 e. The quantitative estimate of drug-likeness (QED) is 0.263. The molecule has 1 heterocycles. The number of amides is 1. The van der Waals surface area contributed by atoms with E-state index in [1.54, 1.807) is 36.4 Å². The monoisotopic (exact) mass is 505 g/mol. The Kier molecular flexibility index (Phi) is 6.89. The molecule has 0 bridgehead atoms. The van der Waals surface area contributed by atoms with Crippen LogP contribution in [0.3, 0.4) is 0 Å². The average Bonchev–Trinajstić information content (AvgIpc) is 3.01. The minimum Gasteiger partial charge on any atom is -0.489 e. The van der Waals surface area contributed by atoms with Crippen molar-refractivity contribution >= 4 is 80.8 Å². The summed E-state index contributed by atoms with van der Waals surface area (Å²) in [5.41, 5.74) is 2.37. The minimum absolute atomic E-state index is 0.171. The van der Waals surface area contributed by atoms with Crippen molar-refractivity contribution in [3.8, 4) is 5.75 Å². The van der Waals surface area contributed by atoms with Gasteiger partial charge in [-0.3, -0.25) is 9.69 Å². The summed E-state index contributed by atoms with van der Waals surface area (Å²) >= 11 is 24.8. The van der Waals surface area contributed by atoms with E-state index in [4.69, 9.17) is 51.8 Å². The van der Waals surface area contributed by atoms with Gasteiger partial charge in [0.05, 0.1) is 10.6 Å². The fraction of sp³-hybridized carbons (Fsp3) is 0.0435. The Morgan fingerprint density at radius 3 is 2.42 bits per heavy atom. The summed E-state index contributed by atoms with van der Waals surface area (Å²) in [5, 5.41) is 1.69. The molecule has 3 aromatic carbocycles. The topological polar surface area (TPSA) is 29.5 Å². The fourth-order valence-corrected chi connectivity index (χ4v) is 4.86. The standard InChI is InChI=1S/C23H14Cl3NO2S2/c24-16-2-1-3-18(11-16)27-22(28)21(31-23(27)30)10-14-4-8-19(9-5-14)29-13-15-6-7-17(25)12-20(15)26/h1-12H,13H2/b21-10-. The lowest BCUT2D eigenvalue weighted by atomic mass is 10.2. The fourth-order valence-electron chi connectivity index (χ4n) is 2.92. The van der Waals surface area contributed by atoms with Crippen molar-refractivity contribution in [2.45, 2.75) is 6.61 Å². The van der Waals surface area contributed by atoms with Crippen LogP contribution in [0.25, 0.3) is 6.08 Å². The molecule has 0 aliphatic carbocycles. The second-order valence-electron chi connectivity index (χ2n) is 6.59. The molecule has 0 N–H and O–H groups in total. The van der Waals surface area contributed by atoms with Crippen LogP contribution in [-0.2, 0) is 11.4 Å². The molecular weight excluding hydrogens is 493 g/mol. The highest BCUT2D eigenvalue weighted by Crippen LogP contribution is 2.36. The van der Waals surface area contributed by atoms with Gasteiger partial charge in [0, 0.05) is 20.6 Å². The molecule has 3 aromatic rings. The molecular formula is C23H14Cl3NO2S2. The summed E-state index contributed by atoms with van der Waals surface area (Å²) in [4.78, 5) is 14.9. The van der Waals surface area contributed by atoms with E-state index in [-0.39, 0.29) is 5.91 Å². The number of ether oxygens (including phenoxy) is 1. The van der Waals surface area contributed by atoms with Crippen LogP contribution in [0.5, 0.6) is 5.75 Å². The molecule has 1 fully saturated rings. The van der Waals surface area contributed by atoms with E-state index in [2.05, 4.69) is 0 Å². The highest BCUT2D eigenvalue weighted by atomic mass is 35.5. The number of carbonyl (C=O) groups is 1. The first-order valence-corrected chi connectivity index (χ1v) is 11.5. The van der Waals surface area contributed by atoms with Crippen LogP contribution in [-0.4, -0.2) is 10.2 Å². The van der Waals surface area contributed by atoms with Crippen LogP contribution in [0, 0.1) is 0 Å². The summed E-state index contributed by atoms with van der Waals surface area (Å²) in [7, 11) is 0. The number of rotatable bonds is 5. The minimum atomic E-state index is -0.171. The smallest absolute Gasteiger partial charge is 0.270 e. The lowest BCUT2D eigenvalue weighted by Gasteiger charge is -2.14. The maximum Gasteiger partial charge on any atom is 0.270 e. The van der Waals surface area contributed by atoms with Gasteiger partial charge in [-0.15, -0.1) is 0 Å². The molecule has 0 atom stereocenters. The first kappa shape index (κ1) is 22.2. The second kappa shape index (κ2) is 9.63. The number of hydrogen-bond donors (Lipinski definition) is 0. The molecule has 0 spiro atoms. The summed E-state index contributed by atoms with van der Waals surface area (Å²) in [6.45, 7) is 0.327. The molecule has 0 saturated carbocycles. The van der Waals surface area contributed by atoms with Crippen LogP contribution in [0.1, 0.15) is 11.1 Å². The van der Waals surface area contributed by atoms with Gasteiger partial charge in [0.15, 0.2) is 4.32 Å². The Morgan fingerprint density at radius 2 is 1.71 bits per heavy atom. The molecule has 8 heteroatoms. The number of carbonyl (C=O) groups excluding carboxylic acids is 1. The molecule has 0 aromatic heterocycles. The van der Waals surface area contributed by atoms with Gasteiger partial charge in [-0.2, -0.15) is 0 Å². The third-order valence-corrected chi connectivity index (χ3v) is 6.57. The molecule has 4 rings (SSSR count). The van der Waals surface area contributed by atoms with Gasteiger partial charge in [0.25, 0.3) is 5.91 Å². The number of halogens is 3. The summed E-state index contributed by atoms with van der Waals surface area (Å²) in [5.74, 6) is 0.518. The van der Waals surface area contributed by atoms with E-state index in [1.165, 1.54) is 16.7 Å². The molecule has 1 amide bonds. The van der Waals surface area contributed by atoms with Crippen LogP contribution in [0.2, 0.25) is 15.1 Å². The van der Waals surface area contributed by atoms with Gasteiger partial charge < -0.3 is 4.74 Å². The third kappa shape index (κ3) is 5.25. The first-order valence-electron chi connectivity index (χ1n) is 9.11. The number of nitrogens with zero attached hydrogens (tertiary/aromatic N) is 1. The van der Waals surface area contributed by atoms with Crippen LogP contribution in [0.4, 0.5) is 5.69 Å². The Bertz CT molecular complexity index is 1200. The van der Waals surface area contributed by atoms with Crippen molar-refractivity contribution in [1.29, 1.82) is 0 Å². The Labute approximate surface area is 204 Å². The van der Waals surface area contributed by atoms with Gasteiger partial charge in [-0.05, 0) is 54.1 Å². The normalized spacial score (nSPS) is 15.1. The van der Waals surface area contributed by atoms with Gasteiger partial charge in [-0.25, -0.2) is 0 Å². The van der Waals surface area contributed by atoms with Crippen LogP contribution >= 0.6 is 58.8 Å². The summed E-state index contributed by atoms with van der Waals surface area (Å²) < 4.78 is 6.27. The molecule has 31 heavy (non-hydrogen) atoms. The molecule has 1 saturated heterocycles. The molecule has 156 valence electrons. The molecule has 0 unspecified atom stereocenters. The highest BCUT2D eigenvalue weighted by molar-refractivity contribution is 8.27. The number of thioether (sulfide) groups is 1. The van der Waals surface area contributed by atoms with Crippen LogP contribution < -0.4 is 9.64 Å². The zero-order chi connectivity index (χ0) is 22.0. The summed E-state index contributed by atoms with van der Waals surface area (Å²) in [6.07, 6.45) is 1.81. The van der Waals surface area contributed by atoms with Crippen molar-refractivity contribution < 1.29 is 9.53 Å². The Hall–Kier alpha value is -2.02. The molecule has 1 aliphatic rings. The Balaban J connectivity index is 1.45. The molecule has 0 radical (unpaired) electrons. The Morgan fingerprint density at radius 1 is 0.968 bits per heavy atom. The van der Waals surface area contributed by atoms with E-state index in [0.29, 0.717) is 42.3 Å². The van der Waals surface area contributed by atoms with E-state index in [0.717, 1.165) is 11.1 Å². The van der Waals surface area contributed by atoms with E-state index < -0.39 is 0 Å². The van der Waals surface area contributed by atoms with E-state index in [9.17, 15) is 4.79 Å². The number of thiocarbonyl (C=S) groups is 1. The average molecular weight is 507 g/mol. The van der Waals surface area contributed by atoms with Crippen molar-refractivity contribution in [2.75, 3.05) is 4.90 Å². The van der Waals surface area contributed by atoms with Gasteiger partial charge in [0.2, 0.25) is 0 Å². The van der Waals surface area contributed by atoms with Gasteiger partial charge >= 0.3 is 0 Å². The van der Waals surface area contributed by atoms with Crippen molar-refractivity contribution in [3.63, 3.8) is 0 Å². The first-order chi connectivity index (χ1) is 14.9. The second-order valence-corrected chi connectivity index (χ2v) is 9.55.